The molecule has 34 heavy (non-hydrogen) atoms. The molecule has 3 heterocycles. The lowest BCUT2D eigenvalue weighted by atomic mass is 9.77. The van der Waals surface area contributed by atoms with Crippen molar-refractivity contribution in [3.8, 4) is 0 Å². The molecule has 1 saturated carbocycles. The molecule has 8 nitrogen and oxygen atoms in total. The lowest BCUT2D eigenvalue weighted by Gasteiger charge is -2.38. The molecule has 2 fully saturated rings. The molecule has 1 saturated heterocycles. The zero-order valence-corrected chi connectivity index (χ0v) is 19.7. The molecule has 2 aliphatic heterocycles. The number of fused-ring (bicyclic) bond motifs is 1. The average molecular weight is 465 g/mol. The van der Waals surface area contributed by atoms with Crippen LogP contribution in [-0.4, -0.2) is 47.4 Å². The Kier molecular flexibility index (Phi) is 6.39. The Morgan fingerprint density at radius 1 is 0.971 bits per heavy atom. The van der Waals surface area contributed by atoms with E-state index in [0.29, 0.717) is 44.1 Å². The fourth-order valence-corrected chi connectivity index (χ4v) is 5.74. The monoisotopic (exact) mass is 464 g/mol. The number of piperidine rings is 1. The molecule has 1 N–H and O–H groups in total. The van der Waals surface area contributed by atoms with Gasteiger partial charge >= 0.3 is 0 Å². The molecule has 5 rings (SSSR count). The highest BCUT2D eigenvalue weighted by Gasteiger charge is 2.42. The number of carbonyl (C=O) groups excluding carboxylic acids is 3. The predicted octanol–water partition coefficient (Wildman–Crippen LogP) is 3.56. The van der Waals surface area contributed by atoms with Gasteiger partial charge in [0.2, 0.25) is 17.7 Å². The second-order valence-corrected chi connectivity index (χ2v) is 9.78. The summed E-state index contributed by atoms with van der Waals surface area (Å²) in [5.41, 5.74) is 2.20. The van der Waals surface area contributed by atoms with Crippen molar-refractivity contribution in [2.75, 3.05) is 29.9 Å². The van der Waals surface area contributed by atoms with E-state index in [2.05, 4.69) is 16.5 Å². The molecule has 1 aromatic heterocycles. The number of carbonyl (C=O) groups is 3. The van der Waals surface area contributed by atoms with E-state index >= 15 is 0 Å². The van der Waals surface area contributed by atoms with Crippen molar-refractivity contribution in [3.05, 3.63) is 41.7 Å². The van der Waals surface area contributed by atoms with Gasteiger partial charge in [-0.1, -0.05) is 36.2 Å². The van der Waals surface area contributed by atoms with Crippen molar-refractivity contribution < 1.29 is 18.9 Å². The number of amides is 3. The molecule has 2 atom stereocenters. The number of anilines is 2. The van der Waals surface area contributed by atoms with Crippen LogP contribution in [0.4, 0.5) is 11.5 Å². The molecule has 0 radical (unpaired) electrons. The van der Waals surface area contributed by atoms with Crippen LogP contribution in [0.25, 0.3) is 0 Å². The number of aromatic nitrogens is 1. The average Bonchev–Trinajstić information content (AvgIpc) is 3.49. The van der Waals surface area contributed by atoms with Gasteiger partial charge in [0.25, 0.3) is 0 Å². The number of likely N-dealkylation sites (tertiary alicyclic amines) is 1. The number of rotatable bonds is 4. The predicted molar refractivity (Wildman–Crippen MR) is 127 cm³/mol. The Balaban J connectivity index is 1.20. The molecule has 0 bridgehead atoms. The summed E-state index contributed by atoms with van der Waals surface area (Å²) in [4.78, 5) is 43.5. The maximum absolute atomic E-state index is 13.6. The summed E-state index contributed by atoms with van der Waals surface area (Å²) in [6, 6.07) is 9.76. The van der Waals surface area contributed by atoms with Crippen molar-refractivity contribution in [1.29, 1.82) is 0 Å². The first-order chi connectivity index (χ1) is 16.5. The molecular formula is C26H32N4O4. The van der Waals surface area contributed by atoms with Crippen LogP contribution in [-0.2, 0) is 20.8 Å². The first-order valence-corrected chi connectivity index (χ1v) is 12.4. The van der Waals surface area contributed by atoms with Crippen molar-refractivity contribution in [2.24, 2.45) is 17.8 Å². The van der Waals surface area contributed by atoms with Crippen molar-refractivity contribution >= 4 is 29.2 Å². The minimum atomic E-state index is -0.266. The van der Waals surface area contributed by atoms with Crippen LogP contribution < -0.4 is 10.2 Å². The summed E-state index contributed by atoms with van der Waals surface area (Å²) in [6.45, 7) is 3.55. The van der Waals surface area contributed by atoms with Gasteiger partial charge in [-0.05, 0) is 50.7 Å². The molecule has 3 amide bonds. The van der Waals surface area contributed by atoms with E-state index in [9.17, 15) is 14.4 Å². The summed E-state index contributed by atoms with van der Waals surface area (Å²) in [5.74, 6) is 0.473. The van der Waals surface area contributed by atoms with Gasteiger partial charge in [-0.25, -0.2) is 0 Å². The highest BCUT2D eigenvalue weighted by molar-refractivity contribution is 5.99. The first kappa shape index (κ1) is 22.6. The molecule has 0 spiro atoms. The topological polar surface area (TPSA) is 95.8 Å². The Hall–Kier alpha value is -3.16. The summed E-state index contributed by atoms with van der Waals surface area (Å²) in [7, 11) is 0. The van der Waals surface area contributed by atoms with Crippen LogP contribution in [0.2, 0.25) is 0 Å². The van der Waals surface area contributed by atoms with Gasteiger partial charge in [-0.2, -0.15) is 0 Å². The third-order valence-electron chi connectivity index (χ3n) is 7.61. The fraction of sp³-hybridized carbons (Fsp3) is 0.538. The zero-order chi connectivity index (χ0) is 23.7. The number of para-hydroxylation sites is 1. The molecule has 3 aliphatic rings. The minimum Gasteiger partial charge on any atom is -0.360 e. The van der Waals surface area contributed by atoms with Gasteiger partial charge < -0.3 is 19.6 Å². The lowest BCUT2D eigenvalue weighted by molar-refractivity contribution is -0.144. The Labute approximate surface area is 199 Å². The van der Waals surface area contributed by atoms with Crippen molar-refractivity contribution in [2.45, 2.75) is 51.9 Å². The number of aryl methyl sites for hydroxylation is 1. The van der Waals surface area contributed by atoms with E-state index in [1.807, 2.05) is 28.0 Å². The van der Waals surface area contributed by atoms with Gasteiger partial charge in [0.05, 0.1) is 5.92 Å². The van der Waals surface area contributed by atoms with Crippen molar-refractivity contribution in [3.63, 3.8) is 0 Å². The number of nitrogens with zero attached hydrogens (tertiary/aromatic N) is 3. The highest BCUT2D eigenvalue weighted by atomic mass is 16.5. The minimum absolute atomic E-state index is 0.0801. The Morgan fingerprint density at radius 3 is 2.38 bits per heavy atom. The van der Waals surface area contributed by atoms with E-state index in [1.54, 1.807) is 13.0 Å². The molecular weight excluding hydrogens is 432 g/mol. The van der Waals surface area contributed by atoms with Gasteiger partial charge in [-0.15, -0.1) is 0 Å². The van der Waals surface area contributed by atoms with Crippen LogP contribution in [0.5, 0.6) is 0 Å². The number of benzene rings is 1. The summed E-state index contributed by atoms with van der Waals surface area (Å²) in [5, 5.41) is 6.62. The lowest BCUT2D eigenvalue weighted by Crippen LogP contribution is -2.49. The number of hydrogen-bond acceptors (Lipinski definition) is 5. The third kappa shape index (κ3) is 4.45. The SMILES string of the molecule is Cc1cc(NC(=O)C2CCN(C(=O)C3CCCCC3C(=O)N3CCc4ccccc43)CC2)no1. The van der Waals surface area contributed by atoms with Gasteiger partial charge in [-0.3, -0.25) is 14.4 Å². The van der Waals surface area contributed by atoms with Crippen LogP contribution in [0.15, 0.2) is 34.9 Å². The molecule has 1 aromatic carbocycles. The van der Waals surface area contributed by atoms with E-state index in [1.165, 1.54) is 5.56 Å². The van der Waals surface area contributed by atoms with Gasteiger partial charge in [0.15, 0.2) is 5.82 Å². The Morgan fingerprint density at radius 2 is 1.68 bits per heavy atom. The maximum Gasteiger partial charge on any atom is 0.230 e. The summed E-state index contributed by atoms with van der Waals surface area (Å²) < 4.78 is 5.01. The molecule has 8 heteroatoms. The van der Waals surface area contributed by atoms with E-state index in [4.69, 9.17) is 4.52 Å². The van der Waals surface area contributed by atoms with Crippen LogP contribution in [0.1, 0.15) is 49.8 Å². The largest absolute Gasteiger partial charge is 0.360 e. The molecule has 2 aromatic rings. The van der Waals surface area contributed by atoms with Gasteiger partial charge in [0.1, 0.15) is 5.76 Å². The second-order valence-electron chi connectivity index (χ2n) is 9.78. The summed E-state index contributed by atoms with van der Waals surface area (Å²) in [6.07, 6.45) is 5.59. The second kappa shape index (κ2) is 9.60. The molecule has 2 unspecified atom stereocenters. The summed E-state index contributed by atoms with van der Waals surface area (Å²) >= 11 is 0. The molecule has 180 valence electrons. The highest BCUT2D eigenvalue weighted by Crippen LogP contribution is 2.37. The third-order valence-corrected chi connectivity index (χ3v) is 7.61. The zero-order valence-electron chi connectivity index (χ0n) is 19.7. The quantitative estimate of drug-likeness (QED) is 0.747. The molecule has 1 aliphatic carbocycles. The maximum atomic E-state index is 13.6. The standard InChI is InChI=1S/C26H32N4O4/c1-17-16-23(28-34-17)27-24(31)19-10-13-29(14-11-19)25(32)20-7-3-4-8-21(20)26(33)30-15-12-18-6-2-5-9-22(18)30/h2,5-6,9,16,19-21H,3-4,7-8,10-15H2,1H3,(H,27,28,31). The number of nitrogens with one attached hydrogen (secondary N) is 1. The van der Waals surface area contributed by atoms with E-state index in [-0.39, 0.29) is 35.5 Å². The van der Waals surface area contributed by atoms with E-state index < -0.39 is 0 Å². The smallest absolute Gasteiger partial charge is 0.230 e. The number of hydrogen-bond donors (Lipinski definition) is 1. The van der Waals surface area contributed by atoms with Crippen LogP contribution in [0, 0.1) is 24.7 Å². The van der Waals surface area contributed by atoms with Gasteiger partial charge in [0, 0.05) is 43.2 Å². The van der Waals surface area contributed by atoms with Crippen molar-refractivity contribution in [1.82, 2.24) is 10.1 Å². The van der Waals surface area contributed by atoms with Crippen LogP contribution in [0.3, 0.4) is 0 Å². The fourth-order valence-electron chi connectivity index (χ4n) is 5.74. The Bertz CT molecular complexity index is 1070. The first-order valence-electron chi connectivity index (χ1n) is 12.4. The van der Waals surface area contributed by atoms with Crippen LogP contribution >= 0.6 is 0 Å². The normalized spacial score (nSPS) is 23.0. The van der Waals surface area contributed by atoms with E-state index in [0.717, 1.165) is 37.8 Å².